The summed E-state index contributed by atoms with van der Waals surface area (Å²) in [5, 5.41) is 9.25. The fourth-order valence-electron chi connectivity index (χ4n) is 3.54. The first-order valence-electron chi connectivity index (χ1n) is 9.51. The van der Waals surface area contributed by atoms with Gasteiger partial charge in [-0.2, -0.15) is 0 Å². The lowest BCUT2D eigenvalue weighted by molar-refractivity contribution is 0.298. The second-order valence-electron chi connectivity index (χ2n) is 8.89. The van der Waals surface area contributed by atoms with Crippen LogP contribution in [-0.4, -0.2) is 18.3 Å². The van der Waals surface area contributed by atoms with Gasteiger partial charge in [0.15, 0.2) is 0 Å². The molecule has 1 aliphatic carbocycles. The highest BCUT2D eigenvalue weighted by Crippen LogP contribution is 2.48. The number of allylic oxidation sites excluding steroid dienone is 3. The minimum absolute atomic E-state index is 0.0000796. The molecule has 0 bridgehead atoms. The van der Waals surface area contributed by atoms with Crippen molar-refractivity contribution in [2.45, 2.75) is 66.7 Å². The maximum atomic E-state index is 14.2. The standard InChI is InChI=1S/C23H33FO2/c1-8-11-26-21-13-19-17(12-16(21)15(2)20(24)14-25)18(22(3,4)5)9-10-23(19,6)7/h9,12-13,25H,8,10-11,14H2,1-7H3/b20-15+. The molecule has 144 valence electrons. The molecule has 0 saturated heterocycles. The maximum Gasteiger partial charge on any atom is 0.129 e. The second kappa shape index (κ2) is 7.56. The fraction of sp³-hybridized carbons (Fsp3) is 0.565. The predicted molar refractivity (Wildman–Crippen MR) is 108 cm³/mol. The third kappa shape index (κ3) is 4.03. The zero-order valence-electron chi connectivity index (χ0n) is 17.3. The largest absolute Gasteiger partial charge is 0.493 e. The summed E-state index contributed by atoms with van der Waals surface area (Å²) in [6.07, 6.45) is 4.18. The topological polar surface area (TPSA) is 29.5 Å². The van der Waals surface area contributed by atoms with Crippen molar-refractivity contribution in [1.82, 2.24) is 0 Å². The van der Waals surface area contributed by atoms with E-state index in [4.69, 9.17) is 4.74 Å². The van der Waals surface area contributed by atoms with E-state index in [0.717, 1.165) is 24.0 Å². The van der Waals surface area contributed by atoms with E-state index in [2.05, 4.69) is 59.8 Å². The summed E-state index contributed by atoms with van der Waals surface area (Å²) in [7, 11) is 0. The number of halogens is 1. The van der Waals surface area contributed by atoms with Crippen molar-refractivity contribution in [3.8, 4) is 5.75 Å². The van der Waals surface area contributed by atoms with Crippen molar-refractivity contribution in [2.75, 3.05) is 13.2 Å². The van der Waals surface area contributed by atoms with Gasteiger partial charge in [0.2, 0.25) is 0 Å². The molecule has 0 radical (unpaired) electrons. The predicted octanol–water partition coefficient (Wildman–Crippen LogP) is 6.28. The number of rotatable bonds is 5. The summed E-state index contributed by atoms with van der Waals surface area (Å²) in [5.74, 6) is 0.192. The number of benzene rings is 1. The van der Waals surface area contributed by atoms with Gasteiger partial charge in [0.05, 0.1) is 13.2 Å². The monoisotopic (exact) mass is 360 g/mol. The lowest BCUT2D eigenvalue weighted by atomic mass is 9.67. The molecule has 2 rings (SSSR count). The van der Waals surface area contributed by atoms with Gasteiger partial charge >= 0.3 is 0 Å². The van der Waals surface area contributed by atoms with Gasteiger partial charge < -0.3 is 9.84 Å². The number of fused-ring (bicyclic) bond motifs is 1. The SMILES string of the molecule is CCCOc1cc2c(cc1/C(C)=C(/F)CO)C(C(C)(C)C)=CCC2(C)C. The summed E-state index contributed by atoms with van der Waals surface area (Å²) in [6.45, 7) is 14.9. The van der Waals surface area contributed by atoms with E-state index in [1.807, 2.05) is 0 Å². The van der Waals surface area contributed by atoms with E-state index < -0.39 is 12.4 Å². The van der Waals surface area contributed by atoms with Gasteiger partial charge in [0.25, 0.3) is 0 Å². The van der Waals surface area contributed by atoms with Gasteiger partial charge in [-0.1, -0.05) is 47.6 Å². The number of aliphatic hydroxyl groups is 1. The lowest BCUT2D eigenvalue weighted by Crippen LogP contribution is -2.25. The molecule has 1 aromatic carbocycles. The van der Waals surface area contributed by atoms with Crippen molar-refractivity contribution in [1.29, 1.82) is 0 Å². The average Bonchev–Trinajstić information content (AvgIpc) is 2.56. The van der Waals surface area contributed by atoms with Crippen molar-refractivity contribution >= 4 is 11.1 Å². The molecular weight excluding hydrogens is 327 g/mol. The molecule has 3 heteroatoms. The smallest absolute Gasteiger partial charge is 0.129 e. The van der Waals surface area contributed by atoms with Gasteiger partial charge in [-0.15, -0.1) is 0 Å². The van der Waals surface area contributed by atoms with Gasteiger partial charge in [-0.25, -0.2) is 4.39 Å². The van der Waals surface area contributed by atoms with Gasteiger partial charge in [-0.05, 0) is 65.0 Å². The molecule has 2 nitrogen and oxygen atoms in total. The number of ether oxygens (including phenoxy) is 1. The zero-order chi connectivity index (χ0) is 19.7. The Morgan fingerprint density at radius 2 is 1.92 bits per heavy atom. The molecule has 0 unspecified atom stereocenters. The summed E-state index contributed by atoms with van der Waals surface area (Å²) >= 11 is 0. The molecule has 1 aliphatic rings. The first kappa shape index (κ1) is 20.7. The van der Waals surface area contributed by atoms with E-state index >= 15 is 0 Å². The molecule has 26 heavy (non-hydrogen) atoms. The van der Waals surface area contributed by atoms with Crippen molar-refractivity contribution < 1.29 is 14.2 Å². The Bertz CT molecular complexity index is 733. The Labute approximate surface area is 157 Å². The number of hydrogen-bond donors (Lipinski definition) is 1. The van der Waals surface area contributed by atoms with E-state index in [1.54, 1.807) is 6.92 Å². The summed E-state index contributed by atoms with van der Waals surface area (Å²) < 4.78 is 20.2. The van der Waals surface area contributed by atoms with Crippen LogP contribution < -0.4 is 4.74 Å². The molecule has 0 fully saturated rings. The Morgan fingerprint density at radius 3 is 2.46 bits per heavy atom. The first-order valence-corrected chi connectivity index (χ1v) is 9.51. The molecule has 0 aromatic heterocycles. The molecule has 1 aromatic rings. The van der Waals surface area contributed by atoms with Crippen molar-refractivity contribution in [3.63, 3.8) is 0 Å². The molecule has 0 aliphatic heterocycles. The minimum atomic E-state index is -0.594. The van der Waals surface area contributed by atoms with E-state index in [0.29, 0.717) is 17.9 Å². The van der Waals surface area contributed by atoms with Crippen LogP contribution in [0.4, 0.5) is 4.39 Å². The Kier molecular flexibility index (Phi) is 6.02. The van der Waals surface area contributed by atoms with Crippen LogP contribution in [0.5, 0.6) is 5.75 Å². The van der Waals surface area contributed by atoms with Crippen molar-refractivity contribution in [2.24, 2.45) is 5.41 Å². The van der Waals surface area contributed by atoms with Gasteiger partial charge in [0, 0.05) is 5.56 Å². The van der Waals surface area contributed by atoms with Gasteiger partial charge in [0.1, 0.15) is 11.6 Å². The highest BCUT2D eigenvalue weighted by molar-refractivity contribution is 5.81. The van der Waals surface area contributed by atoms with Crippen LogP contribution in [0, 0.1) is 5.41 Å². The molecular formula is C23H33FO2. The summed E-state index contributed by atoms with van der Waals surface area (Å²) in [4.78, 5) is 0. The Hall–Kier alpha value is -1.61. The van der Waals surface area contributed by atoms with Crippen LogP contribution in [0.25, 0.3) is 11.1 Å². The third-order valence-corrected chi connectivity index (χ3v) is 5.17. The summed E-state index contributed by atoms with van der Waals surface area (Å²) in [5.41, 5.74) is 4.87. The normalized spacial score (nSPS) is 17.3. The van der Waals surface area contributed by atoms with E-state index in [9.17, 15) is 9.50 Å². The first-order chi connectivity index (χ1) is 12.0. The quantitative estimate of drug-likeness (QED) is 0.669. The molecule has 0 spiro atoms. The Balaban J connectivity index is 2.77. The maximum absolute atomic E-state index is 14.2. The highest BCUT2D eigenvalue weighted by atomic mass is 19.1. The zero-order valence-corrected chi connectivity index (χ0v) is 17.3. The van der Waals surface area contributed by atoms with Crippen molar-refractivity contribution in [3.05, 3.63) is 40.7 Å². The average molecular weight is 361 g/mol. The minimum Gasteiger partial charge on any atom is -0.493 e. The van der Waals surface area contributed by atoms with E-state index in [-0.39, 0.29) is 10.8 Å². The molecule has 0 heterocycles. The molecule has 1 N–H and O–H groups in total. The van der Waals surface area contributed by atoms with Crippen LogP contribution >= 0.6 is 0 Å². The van der Waals surface area contributed by atoms with Gasteiger partial charge in [-0.3, -0.25) is 0 Å². The highest BCUT2D eigenvalue weighted by Gasteiger charge is 2.33. The molecule has 0 saturated carbocycles. The molecule has 0 amide bonds. The third-order valence-electron chi connectivity index (χ3n) is 5.17. The van der Waals surface area contributed by atoms with Crippen LogP contribution in [0.15, 0.2) is 24.0 Å². The van der Waals surface area contributed by atoms with Crippen LogP contribution in [0.2, 0.25) is 0 Å². The number of aliphatic hydroxyl groups excluding tert-OH is 1. The Morgan fingerprint density at radius 1 is 1.27 bits per heavy atom. The second-order valence-corrected chi connectivity index (χ2v) is 8.89. The van der Waals surface area contributed by atoms with Crippen LogP contribution in [0.1, 0.15) is 78.0 Å². The fourth-order valence-corrected chi connectivity index (χ4v) is 3.54. The van der Waals surface area contributed by atoms with Crippen LogP contribution in [-0.2, 0) is 5.41 Å². The lowest BCUT2D eigenvalue weighted by Gasteiger charge is -2.37. The van der Waals surface area contributed by atoms with Crippen LogP contribution in [0.3, 0.4) is 0 Å². The summed E-state index contributed by atoms with van der Waals surface area (Å²) in [6, 6.07) is 4.15. The van der Waals surface area contributed by atoms with E-state index in [1.165, 1.54) is 11.1 Å². The number of hydrogen-bond acceptors (Lipinski definition) is 2. The molecule has 0 atom stereocenters.